The van der Waals surface area contributed by atoms with Gasteiger partial charge >= 0.3 is 0 Å². The van der Waals surface area contributed by atoms with Crippen LogP contribution < -0.4 is 4.90 Å². The van der Waals surface area contributed by atoms with Crippen molar-refractivity contribution in [3.05, 3.63) is 151 Å². The van der Waals surface area contributed by atoms with Gasteiger partial charge in [0.05, 0.1) is 17.1 Å². The minimum absolute atomic E-state index is 0.786. The van der Waals surface area contributed by atoms with Crippen LogP contribution in [0.15, 0.2) is 140 Å². The number of hydrogen-bond donors (Lipinski definition) is 0. The van der Waals surface area contributed by atoms with Gasteiger partial charge < -0.3 is 4.90 Å². The molecule has 0 N–H and O–H groups in total. The fourth-order valence-corrected chi connectivity index (χ4v) is 32.7. The fraction of sp³-hybridized carbons (Fsp3) is 0.0133. The third kappa shape index (κ3) is 15.4. The molecule has 0 aliphatic carbocycles. The second-order valence-corrected chi connectivity index (χ2v) is 47.0. The van der Waals surface area contributed by atoms with Gasteiger partial charge in [-0.2, -0.15) is 0 Å². The lowest BCUT2D eigenvalue weighted by Crippen LogP contribution is -2.16. The Morgan fingerprint density at radius 3 is 0.520 bits per heavy atom. The van der Waals surface area contributed by atoms with Gasteiger partial charge in [0.1, 0.15) is 252 Å². The molecule has 1 aliphatic rings. The summed E-state index contributed by atoms with van der Waals surface area (Å²) in [6.45, 7) is 0. The van der Waals surface area contributed by atoms with Crippen molar-refractivity contribution in [1.82, 2.24) is 120 Å². The van der Waals surface area contributed by atoms with Gasteiger partial charge in [-0.1, -0.05) is 0 Å². The van der Waals surface area contributed by atoms with Gasteiger partial charge in [0.15, 0.2) is 0 Å². The third-order valence-electron chi connectivity index (χ3n) is 17.9. The van der Waals surface area contributed by atoms with Crippen molar-refractivity contribution < 1.29 is 0 Å². The normalized spacial score (nSPS) is 12.4. The number of thiazole rings is 24. The first kappa shape index (κ1) is 78.3. The Kier molecular flexibility index (Phi) is 20.8. The predicted molar refractivity (Wildman–Crippen MR) is 530 cm³/mol. The lowest BCUT2D eigenvalue weighted by Gasteiger charge is -2.16. The van der Waals surface area contributed by atoms with E-state index in [0.29, 0.717) is 0 Å². The zero-order valence-electron chi connectivity index (χ0n) is 61.1. The van der Waals surface area contributed by atoms with E-state index in [1.165, 1.54) is 125 Å². The van der Waals surface area contributed by atoms with E-state index < -0.39 is 0 Å². The molecule has 0 unspecified atom stereocenters. The number of thioether (sulfide) groups is 1. The van der Waals surface area contributed by atoms with Gasteiger partial charge in [-0.05, 0) is 5.41 Å². The van der Waals surface area contributed by atoms with Gasteiger partial charge in [0.2, 0.25) is 0 Å². The Hall–Kier alpha value is -8.99. The molecule has 0 saturated carbocycles. The molecule has 50 heteroatoms. The standard InChI is InChI=1S/C75H28N25S25/c1-2-103-53(76-1)29-3-104-54(78-29)30-4-105-55(79-30)31-5-106-56(80-31)32-6-107-57(81-32)33-7-108-58(82-33)34-8-109-59(83-34)35-9-110-60(84-35)36-10-111-61(85-36)37-11-112-62(86-37)38-12-113-63(87-38)39-13-114-64(88-39)40-14-115-65(89-40)41-15-116-66(90-41)42-16-117-67(91-42)43-17-118-68(92-43)44-18-119-69(93-44)45-19-120-70(94-45)46-20-121-71(95-46)47-21-122-72(96-47)48-22-123-73(97-48)49-23-124-74(98-49)50-24-125-75(99-50)51-25-102-28-100(51)52-26-101-27-77-52/h2-27H,28H2. The van der Waals surface area contributed by atoms with E-state index in [0.717, 1.165) is 258 Å². The summed E-state index contributed by atoms with van der Waals surface area (Å²) in [5, 5.41) is 69.6. The lowest BCUT2D eigenvalue weighted by molar-refractivity contribution is 1.14. The van der Waals surface area contributed by atoms with E-state index in [4.69, 9.17) is 110 Å². The predicted octanol–water partition coefficient (Wildman–Crippen LogP) is 27.6. The van der Waals surface area contributed by atoms with Gasteiger partial charge in [0.25, 0.3) is 0 Å². The van der Waals surface area contributed by atoms with Crippen molar-refractivity contribution >= 4 is 295 Å². The lowest BCUT2D eigenvalue weighted by atomic mass is 10.4. The Labute approximate surface area is 802 Å². The van der Waals surface area contributed by atoms with Crippen LogP contribution in [-0.4, -0.2) is 125 Å². The minimum atomic E-state index is 0.786. The number of aromatic nitrogens is 24. The van der Waals surface area contributed by atoms with Gasteiger partial charge in [-0.25, -0.2) is 120 Å². The molecule has 24 aromatic heterocycles. The highest BCUT2D eigenvalue weighted by Crippen LogP contribution is 2.47. The van der Waals surface area contributed by atoms with Crippen molar-refractivity contribution in [2.45, 2.75) is 0 Å². The highest BCUT2D eigenvalue weighted by Gasteiger charge is 2.29. The van der Waals surface area contributed by atoms with Crippen molar-refractivity contribution in [1.29, 1.82) is 0 Å². The molecule has 25 rings (SSSR count). The van der Waals surface area contributed by atoms with Crippen LogP contribution in [0.1, 0.15) is 5.01 Å². The highest BCUT2D eigenvalue weighted by molar-refractivity contribution is 8.02. The fourth-order valence-electron chi connectivity index (χ4n) is 12.1. The van der Waals surface area contributed by atoms with E-state index >= 15 is 0 Å². The minimum Gasteiger partial charge on any atom is -0.312 e. The molecule has 0 bridgehead atoms. The molecule has 24 aromatic rings. The van der Waals surface area contributed by atoms with E-state index in [2.05, 4.69) is 37.2 Å². The summed E-state index contributed by atoms with van der Waals surface area (Å²) in [4.78, 5) is 120. The third-order valence-corrected chi connectivity index (χ3v) is 39.1. The van der Waals surface area contributed by atoms with Crippen molar-refractivity contribution in [2.24, 2.45) is 0 Å². The molecule has 1 aliphatic heterocycles. The smallest absolute Gasteiger partial charge is 0.144 e. The van der Waals surface area contributed by atoms with Crippen LogP contribution in [0.5, 0.6) is 0 Å². The summed E-state index contributed by atoms with van der Waals surface area (Å²) in [5.41, 5.74) is 20.6. The summed E-state index contributed by atoms with van der Waals surface area (Å²) in [5.74, 6) is 1.77. The second kappa shape index (κ2) is 33.3. The average molecular weight is 2080 g/mol. The number of hydrogen-bond acceptors (Lipinski definition) is 50. The van der Waals surface area contributed by atoms with Crippen LogP contribution in [0.25, 0.3) is 241 Å². The number of anilines is 1. The zero-order valence-corrected chi connectivity index (χ0v) is 81.5. The largest absolute Gasteiger partial charge is 0.312 e. The van der Waals surface area contributed by atoms with Crippen LogP contribution in [0.4, 0.5) is 5.82 Å². The first-order valence-corrected chi connectivity index (χ1v) is 57.8. The maximum absolute atomic E-state index is 5.01. The van der Waals surface area contributed by atoms with Crippen molar-refractivity contribution in [3.63, 3.8) is 0 Å². The summed E-state index contributed by atoms with van der Waals surface area (Å²) in [6, 6.07) is 0. The molecular weight excluding hydrogens is 2050 g/mol. The van der Waals surface area contributed by atoms with E-state index in [1.54, 1.807) is 159 Å². The van der Waals surface area contributed by atoms with E-state index in [1.807, 2.05) is 124 Å². The Morgan fingerprint density at radius 1 is 0.192 bits per heavy atom. The molecule has 603 valence electrons. The molecule has 1 radical (unpaired) electrons. The topological polar surface area (TPSA) is 313 Å². The Bertz CT molecular complexity index is 7930. The highest BCUT2D eigenvalue weighted by atomic mass is 32.2. The zero-order chi connectivity index (χ0) is 82.2. The maximum atomic E-state index is 5.01. The Balaban J connectivity index is 0.364. The van der Waals surface area contributed by atoms with Crippen LogP contribution in [0.3, 0.4) is 0 Å². The number of nitrogens with zero attached hydrogens (tertiary/aromatic N) is 25. The monoisotopic (exact) mass is 2080 g/mol. The second-order valence-electron chi connectivity index (χ2n) is 25.7. The quantitative estimate of drug-likeness (QED) is 0.0542. The van der Waals surface area contributed by atoms with Crippen LogP contribution in [0.2, 0.25) is 0 Å². The molecular formula is C75H28N25S25. The first-order chi connectivity index (χ1) is 61.7. The van der Waals surface area contributed by atoms with Crippen LogP contribution >= 0.6 is 284 Å². The van der Waals surface area contributed by atoms with Gasteiger partial charge in [-0.3, -0.25) is 0 Å². The Morgan fingerprint density at radius 2 is 0.360 bits per heavy atom. The van der Waals surface area contributed by atoms with Crippen molar-refractivity contribution in [2.75, 3.05) is 10.8 Å². The summed E-state index contributed by atoms with van der Waals surface area (Å²) >= 11 is 38.9. The molecule has 25 nitrogen and oxygen atoms in total. The van der Waals surface area contributed by atoms with Crippen molar-refractivity contribution in [3.8, 4) is 235 Å². The molecule has 0 aromatic carbocycles. The molecule has 0 saturated heterocycles. The summed E-state index contributed by atoms with van der Waals surface area (Å²) < 4.78 is 0. The SMILES string of the molecule is [c]1csc(-c2csc(-c3csc(-c4csc(-c5csc(-c6csc(-c7csc(-c8csc(-c9csc(-c%10csc(-c%11csc(-c%12csc(-c%13csc(-c%14csc(-c%15csc(-c%16csc(-c%17csc(-c%18csc(-c%19csc(-c%20csc(-c%21csc(-c%22csc(-c%23csc(C%24=CSCN%24c%24cscn%24)n%23)n%22)n%21)n%20)n%19)n%18)n%17)n%16)n%15)n%14)n%13)n%12)n%11)n%10)n9)n8)n7)n6)n5)n4)n3)n2)n1. The first-order valence-electron chi connectivity index (χ1n) is 35.6. The summed E-state index contributed by atoms with van der Waals surface area (Å²) in [6.07, 6.45) is 2.87. The number of rotatable bonds is 24. The van der Waals surface area contributed by atoms with Gasteiger partial charge in [0, 0.05) is 129 Å². The molecule has 0 fully saturated rings. The molecule has 0 amide bonds. The van der Waals surface area contributed by atoms with Gasteiger partial charge in [-0.15, -0.1) is 284 Å². The molecule has 25 heterocycles. The molecule has 0 spiro atoms. The maximum Gasteiger partial charge on any atom is 0.144 e. The molecule has 0 atom stereocenters. The molecule has 125 heavy (non-hydrogen) atoms. The van der Waals surface area contributed by atoms with Crippen LogP contribution in [-0.2, 0) is 0 Å². The summed E-state index contributed by atoms with van der Waals surface area (Å²) in [7, 11) is 0. The average Bonchev–Trinajstić information content (AvgIpc) is 1.65. The van der Waals surface area contributed by atoms with E-state index in [-0.39, 0.29) is 0 Å². The van der Waals surface area contributed by atoms with E-state index in [9.17, 15) is 0 Å². The van der Waals surface area contributed by atoms with Crippen LogP contribution in [0, 0.1) is 6.20 Å².